The molecule has 0 spiro atoms. The van der Waals surface area contributed by atoms with E-state index in [1.807, 2.05) is 0 Å². The second kappa shape index (κ2) is 9.20. The molecule has 0 heterocycles. The molecule has 0 aliphatic heterocycles. The normalized spacial score (nSPS) is 29.2. The summed E-state index contributed by atoms with van der Waals surface area (Å²) in [6.45, 7) is 0. The van der Waals surface area contributed by atoms with Crippen molar-refractivity contribution in [2.45, 2.75) is 51.4 Å². The van der Waals surface area contributed by atoms with Crippen LogP contribution in [0.5, 0.6) is 0 Å². The van der Waals surface area contributed by atoms with Crippen LogP contribution in [0.3, 0.4) is 0 Å². The molecule has 2 N–H and O–H groups in total. The van der Waals surface area contributed by atoms with Gasteiger partial charge in [-0.25, -0.2) is 0 Å². The fourth-order valence-electron chi connectivity index (χ4n) is 7.41. The highest BCUT2D eigenvalue weighted by Crippen LogP contribution is 2.67. The molecule has 4 saturated carbocycles. The molecule has 0 atom stereocenters. The molecule has 2 aromatic carbocycles. The van der Waals surface area contributed by atoms with Crippen molar-refractivity contribution in [1.29, 1.82) is 0 Å². The first kappa shape index (κ1) is 24.2. The first-order valence-corrected chi connectivity index (χ1v) is 13.1. The maximum Gasteiger partial charge on any atom is 0.224 e. The predicted octanol–water partition coefficient (Wildman–Crippen LogP) is 8.24. The Morgan fingerprint density at radius 1 is 0.676 bits per heavy atom. The van der Waals surface area contributed by atoms with Gasteiger partial charge in [-0.3, -0.25) is 9.59 Å². The Morgan fingerprint density at radius 2 is 1.03 bits per heavy atom. The first-order valence-electron chi connectivity index (χ1n) is 11.6. The second-order valence-corrected chi connectivity index (χ2v) is 12.5. The van der Waals surface area contributed by atoms with Crippen molar-refractivity contribution < 1.29 is 9.59 Å². The van der Waals surface area contributed by atoms with E-state index in [1.165, 1.54) is 6.42 Å². The molecule has 4 aliphatic rings. The molecular weight excluding hydrogens is 514 g/mol. The lowest BCUT2D eigenvalue weighted by Crippen LogP contribution is -2.53. The van der Waals surface area contributed by atoms with Crippen LogP contribution in [-0.2, 0) is 9.59 Å². The molecule has 34 heavy (non-hydrogen) atoms. The van der Waals surface area contributed by atoms with E-state index in [1.54, 1.807) is 36.4 Å². The highest BCUT2D eigenvalue weighted by atomic mass is 35.5. The van der Waals surface area contributed by atoms with Crippen molar-refractivity contribution in [3.63, 3.8) is 0 Å². The smallest absolute Gasteiger partial charge is 0.224 e. The van der Waals surface area contributed by atoms with E-state index in [0.29, 0.717) is 56.1 Å². The second-order valence-electron chi connectivity index (χ2n) is 10.7. The molecule has 0 unspecified atom stereocenters. The summed E-state index contributed by atoms with van der Waals surface area (Å²) in [5.74, 6) is 1.10. The van der Waals surface area contributed by atoms with Gasteiger partial charge in [-0.05, 0) is 97.6 Å². The zero-order chi connectivity index (χ0) is 24.1. The van der Waals surface area contributed by atoms with E-state index in [2.05, 4.69) is 10.6 Å². The number of anilines is 2. The lowest BCUT2D eigenvalue weighted by Gasteiger charge is -2.62. The van der Waals surface area contributed by atoms with Crippen molar-refractivity contribution in [2.24, 2.45) is 22.7 Å². The Labute approximate surface area is 219 Å². The van der Waals surface area contributed by atoms with Crippen LogP contribution in [0.1, 0.15) is 51.4 Å². The third kappa shape index (κ3) is 5.36. The van der Waals surface area contributed by atoms with Gasteiger partial charge in [-0.15, -0.1) is 0 Å². The van der Waals surface area contributed by atoms with Gasteiger partial charge in [0.1, 0.15) is 0 Å². The van der Waals surface area contributed by atoms with E-state index < -0.39 is 0 Å². The van der Waals surface area contributed by atoms with Crippen molar-refractivity contribution in [3.05, 3.63) is 56.5 Å². The maximum absolute atomic E-state index is 13.0. The highest BCUT2D eigenvalue weighted by molar-refractivity contribution is 6.35. The van der Waals surface area contributed by atoms with Gasteiger partial charge in [-0.1, -0.05) is 46.4 Å². The van der Waals surface area contributed by atoms with Crippen molar-refractivity contribution in [1.82, 2.24) is 0 Å². The minimum absolute atomic E-state index is 0.0199. The zero-order valence-corrected chi connectivity index (χ0v) is 21.6. The van der Waals surface area contributed by atoms with Gasteiger partial charge in [0.2, 0.25) is 11.8 Å². The fraction of sp³-hybridized carbons (Fsp3) is 0.462. The van der Waals surface area contributed by atoms with Crippen molar-refractivity contribution >= 4 is 69.6 Å². The van der Waals surface area contributed by atoms with Gasteiger partial charge in [0.25, 0.3) is 0 Å². The molecule has 0 radical (unpaired) electrons. The van der Waals surface area contributed by atoms with E-state index in [0.717, 1.165) is 32.1 Å². The molecule has 2 aromatic rings. The lowest BCUT2D eigenvalue weighted by atomic mass is 9.43. The van der Waals surface area contributed by atoms with Gasteiger partial charge < -0.3 is 10.6 Å². The minimum Gasteiger partial charge on any atom is -0.326 e. The van der Waals surface area contributed by atoms with Crippen LogP contribution in [0.2, 0.25) is 20.1 Å². The predicted molar refractivity (Wildman–Crippen MR) is 139 cm³/mol. The topological polar surface area (TPSA) is 58.2 Å². The van der Waals surface area contributed by atoms with Gasteiger partial charge in [0, 0.05) is 44.3 Å². The largest absolute Gasteiger partial charge is 0.326 e. The summed E-state index contributed by atoms with van der Waals surface area (Å²) in [7, 11) is 0. The van der Waals surface area contributed by atoms with Crippen LogP contribution in [0.25, 0.3) is 0 Å². The number of hydrogen-bond acceptors (Lipinski definition) is 2. The summed E-state index contributed by atoms with van der Waals surface area (Å²) in [4.78, 5) is 26.1. The Bertz CT molecular complexity index is 1010. The van der Waals surface area contributed by atoms with E-state index in [-0.39, 0.29) is 22.6 Å². The summed E-state index contributed by atoms with van der Waals surface area (Å²) < 4.78 is 0. The molecule has 4 aliphatic carbocycles. The minimum atomic E-state index is -0.0593. The molecule has 0 aromatic heterocycles. The van der Waals surface area contributed by atoms with E-state index >= 15 is 0 Å². The van der Waals surface area contributed by atoms with Crippen LogP contribution < -0.4 is 10.6 Å². The Balaban J connectivity index is 1.28. The third-order valence-corrected chi connectivity index (χ3v) is 8.54. The molecule has 4 fully saturated rings. The van der Waals surface area contributed by atoms with Gasteiger partial charge >= 0.3 is 0 Å². The van der Waals surface area contributed by atoms with Crippen molar-refractivity contribution in [3.8, 4) is 0 Å². The van der Waals surface area contributed by atoms with Crippen LogP contribution in [0.4, 0.5) is 11.4 Å². The maximum atomic E-state index is 13.0. The Morgan fingerprint density at radius 3 is 1.38 bits per heavy atom. The summed E-state index contributed by atoms with van der Waals surface area (Å²) in [5, 5.41) is 7.92. The molecule has 4 bridgehead atoms. The molecule has 2 amide bonds. The summed E-state index contributed by atoms with van der Waals surface area (Å²) in [5.41, 5.74) is 1.11. The summed E-state index contributed by atoms with van der Waals surface area (Å²) in [6, 6.07) is 10.1. The van der Waals surface area contributed by atoms with E-state index in [9.17, 15) is 9.59 Å². The molecule has 6 rings (SSSR count). The lowest BCUT2D eigenvalue weighted by molar-refractivity contribution is -0.142. The van der Waals surface area contributed by atoms with E-state index in [4.69, 9.17) is 46.4 Å². The van der Waals surface area contributed by atoms with Gasteiger partial charge in [0.05, 0.1) is 0 Å². The average Bonchev–Trinajstić information content (AvgIpc) is 2.63. The number of rotatable bonds is 6. The number of carbonyl (C=O) groups excluding carboxylic acids is 2. The molecular formula is C26H26Cl4N2O2. The zero-order valence-electron chi connectivity index (χ0n) is 18.6. The molecule has 4 nitrogen and oxygen atoms in total. The van der Waals surface area contributed by atoms with Crippen LogP contribution in [0, 0.1) is 22.7 Å². The number of halogens is 4. The van der Waals surface area contributed by atoms with Gasteiger partial charge in [0.15, 0.2) is 0 Å². The van der Waals surface area contributed by atoms with Crippen LogP contribution in [-0.4, -0.2) is 11.8 Å². The highest BCUT2D eigenvalue weighted by Gasteiger charge is 2.58. The van der Waals surface area contributed by atoms with Gasteiger partial charge in [-0.2, -0.15) is 0 Å². The number of benzene rings is 2. The standard InChI is InChI=1S/C26H26Cl4N2O2/c27-17-2-18(28)5-21(4-17)31-23(33)12-25-8-15-1-16(9-25)11-26(10-15,14-25)13-24(34)32-22-6-19(29)3-20(30)7-22/h2-7,15-16H,1,8-14H2,(H,31,33)(H,32,34). The number of hydrogen-bond donors (Lipinski definition) is 2. The number of carbonyl (C=O) groups is 2. The number of amides is 2. The Kier molecular flexibility index (Phi) is 6.56. The van der Waals surface area contributed by atoms with Crippen molar-refractivity contribution in [2.75, 3.05) is 10.6 Å². The average molecular weight is 540 g/mol. The SMILES string of the molecule is O=C(CC12CC3CC(C1)CC(CC(=O)Nc1cc(Cl)cc(Cl)c1)(C3)C2)Nc1cc(Cl)cc(Cl)c1. The third-order valence-electron chi connectivity index (χ3n) is 7.67. The van der Waals surface area contributed by atoms with Crippen LogP contribution in [0.15, 0.2) is 36.4 Å². The van der Waals surface area contributed by atoms with Crippen LogP contribution >= 0.6 is 46.4 Å². The quantitative estimate of drug-likeness (QED) is 0.388. The summed E-state index contributed by atoms with van der Waals surface area (Å²) in [6.07, 6.45) is 7.25. The fourth-order valence-corrected chi connectivity index (χ4v) is 8.46. The number of nitrogens with one attached hydrogen (secondary N) is 2. The first-order chi connectivity index (χ1) is 16.1. The molecule has 180 valence electrons. The molecule has 0 saturated heterocycles. The summed E-state index contributed by atoms with van der Waals surface area (Å²) >= 11 is 24.3. The molecule has 8 heteroatoms. The Hall–Kier alpha value is -1.46. The monoisotopic (exact) mass is 538 g/mol.